The second kappa shape index (κ2) is 4.81. The summed E-state index contributed by atoms with van der Waals surface area (Å²) in [6.07, 6.45) is 4.66. The number of aliphatic carboxylic acids is 1. The molecular weight excluding hydrogens is 256 g/mol. The maximum Gasteiger partial charge on any atom is 0.319 e. The van der Waals surface area contributed by atoms with Gasteiger partial charge in [0.1, 0.15) is 0 Å². The third kappa shape index (κ3) is 2.35. The molecule has 0 spiro atoms. The van der Waals surface area contributed by atoms with Crippen LogP contribution in [0.15, 0.2) is 24.3 Å². The highest BCUT2D eigenvalue weighted by molar-refractivity contribution is 5.90. The van der Waals surface area contributed by atoms with Gasteiger partial charge in [-0.25, -0.2) is 4.79 Å². The van der Waals surface area contributed by atoms with Crippen molar-refractivity contribution >= 4 is 17.7 Å². The number of nitrogens with one attached hydrogen (secondary N) is 2. The van der Waals surface area contributed by atoms with Gasteiger partial charge in [-0.15, -0.1) is 0 Å². The number of anilines is 1. The van der Waals surface area contributed by atoms with Crippen LogP contribution in [0.4, 0.5) is 10.5 Å². The first-order valence-corrected chi connectivity index (χ1v) is 7.02. The van der Waals surface area contributed by atoms with Crippen molar-refractivity contribution in [1.29, 1.82) is 0 Å². The Morgan fingerprint density at radius 3 is 2.25 bits per heavy atom. The zero-order chi connectivity index (χ0) is 14.2. The number of urea groups is 1. The van der Waals surface area contributed by atoms with Crippen molar-refractivity contribution in [1.82, 2.24) is 5.32 Å². The fourth-order valence-electron chi connectivity index (χ4n) is 2.53. The first-order valence-electron chi connectivity index (χ1n) is 7.02. The Morgan fingerprint density at radius 2 is 1.80 bits per heavy atom. The summed E-state index contributed by atoms with van der Waals surface area (Å²) in [7, 11) is 0. The third-order valence-corrected chi connectivity index (χ3v) is 4.30. The lowest BCUT2D eigenvalue weighted by molar-refractivity contribution is -0.140. The fraction of sp³-hybridized carbons (Fsp3) is 0.467. The molecule has 20 heavy (non-hydrogen) atoms. The number of carboxylic acids is 1. The van der Waals surface area contributed by atoms with E-state index in [2.05, 4.69) is 10.6 Å². The summed E-state index contributed by atoms with van der Waals surface area (Å²) in [5, 5.41) is 14.9. The number of hydrogen-bond acceptors (Lipinski definition) is 2. The van der Waals surface area contributed by atoms with Gasteiger partial charge >= 0.3 is 12.0 Å². The zero-order valence-corrected chi connectivity index (χ0v) is 11.2. The molecule has 2 amide bonds. The Kier molecular flexibility index (Phi) is 3.12. The molecule has 0 atom stereocenters. The van der Waals surface area contributed by atoms with Crippen molar-refractivity contribution in [3.8, 4) is 0 Å². The zero-order valence-electron chi connectivity index (χ0n) is 11.2. The second-order valence-electron chi connectivity index (χ2n) is 5.69. The smallest absolute Gasteiger partial charge is 0.319 e. The van der Waals surface area contributed by atoms with Crippen molar-refractivity contribution in [2.75, 3.05) is 5.32 Å². The maximum absolute atomic E-state index is 11.7. The van der Waals surface area contributed by atoms with Crippen LogP contribution < -0.4 is 10.6 Å². The van der Waals surface area contributed by atoms with Crippen LogP contribution >= 0.6 is 0 Å². The molecule has 5 heteroatoms. The molecule has 1 aromatic carbocycles. The molecule has 0 aliphatic heterocycles. The summed E-state index contributed by atoms with van der Waals surface area (Å²) in [6.45, 7) is 0. The quantitative estimate of drug-likeness (QED) is 0.789. The van der Waals surface area contributed by atoms with E-state index < -0.39 is 11.4 Å². The Hall–Kier alpha value is -2.04. The second-order valence-corrected chi connectivity index (χ2v) is 5.69. The van der Waals surface area contributed by atoms with E-state index in [9.17, 15) is 14.7 Å². The molecule has 2 saturated carbocycles. The van der Waals surface area contributed by atoms with Crippen LogP contribution in [-0.4, -0.2) is 23.1 Å². The van der Waals surface area contributed by atoms with Gasteiger partial charge in [0.25, 0.3) is 0 Å². The summed E-state index contributed by atoms with van der Waals surface area (Å²) >= 11 is 0. The minimum absolute atomic E-state index is 0.193. The fourth-order valence-corrected chi connectivity index (χ4v) is 2.53. The molecular formula is C15H18N2O3. The number of carbonyl (C=O) groups excluding carboxylic acids is 1. The van der Waals surface area contributed by atoms with Gasteiger partial charge in [0.05, 0.1) is 5.41 Å². The average Bonchev–Trinajstić information content (AvgIpc) is 3.16. The van der Waals surface area contributed by atoms with Crippen molar-refractivity contribution in [2.24, 2.45) is 0 Å². The summed E-state index contributed by atoms with van der Waals surface area (Å²) in [5.74, 6) is -0.763. The van der Waals surface area contributed by atoms with Gasteiger partial charge in [0.2, 0.25) is 0 Å². The summed E-state index contributed by atoms with van der Waals surface area (Å²) in [4.78, 5) is 22.9. The number of benzene rings is 1. The van der Waals surface area contributed by atoms with E-state index in [1.165, 1.54) is 6.42 Å². The molecule has 1 aromatic rings. The predicted octanol–water partition coefficient (Wildman–Crippen LogP) is 2.48. The van der Waals surface area contributed by atoms with E-state index in [4.69, 9.17) is 0 Å². The number of carboxylic acid groups (broad SMARTS) is 1. The Bertz CT molecular complexity index is 531. The van der Waals surface area contributed by atoms with E-state index in [0.29, 0.717) is 24.6 Å². The Labute approximate surface area is 117 Å². The molecule has 5 nitrogen and oxygen atoms in total. The van der Waals surface area contributed by atoms with Crippen LogP contribution in [-0.2, 0) is 10.2 Å². The molecule has 0 saturated heterocycles. The molecule has 2 aliphatic rings. The Morgan fingerprint density at radius 1 is 1.15 bits per heavy atom. The Balaban J connectivity index is 1.61. The molecule has 2 fully saturated rings. The normalized spacial score (nSPS) is 19.8. The highest BCUT2D eigenvalue weighted by Crippen LogP contribution is 2.48. The molecule has 3 N–H and O–H groups in total. The number of amides is 2. The lowest BCUT2D eigenvalue weighted by Crippen LogP contribution is -2.41. The lowest BCUT2D eigenvalue weighted by Gasteiger charge is -2.26. The minimum Gasteiger partial charge on any atom is -0.481 e. The van der Waals surface area contributed by atoms with Crippen molar-refractivity contribution in [2.45, 2.75) is 43.6 Å². The number of rotatable bonds is 4. The van der Waals surface area contributed by atoms with Crippen LogP contribution in [0.25, 0.3) is 0 Å². The third-order valence-electron chi connectivity index (χ3n) is 4.30. The van der Waals surface area contributed by atoms with Crippen molar-refractivity contribution in [3.63, 3.8) is 0 Å². The van der Waals surface area contributed by atoms with Crippen LogP contribution in [0, 0.1) is 0 Å². The van der Waals surface area contributed by atoms with E-state index in [1.807, 2.05) is 0 Å². The van der Waals surface area contributed by atoms with Crippen LogP contribution in [0.1, 0.15) is 37.7 Å². The predicted molar refractivity (Wildman–Crippen MR) is 74.8 cm³/mol. The van der Waals surface area contributed by atoms with Gasteiger partial charge < -0.3 is 15.7 Å². The van der Waals surface area contributed by atoms with Gasteiger partial charge in [0, 0.05) is 11.7 Å². The highest BCUT2D eigenvalue weighted by Gasteiger charge is 2.51. The van der Waals surface area contributed by atoms with Crippen molar-refractivity contribution in [3.05, 3.63) is 29.8 Å². The summed E-state index contributed by atoms with van der Waals surface area (Å²) in [5.41, 5.74) is 0.814. The number of hydrogen-bond donors (Lipinski definition) is 3. The molecule has 3 rings (SSSR count). The topological polar surface area (TPSA) is 78.4 Å². The minimum atomic E-state index is -0.763. The average molecular weight is 274 g/mol. The molecule has 0 radical (unpaired) electrons. The summed E-state index contributed by atoms with van der Waals surface area (Å²) in [6, 6.07) is 7.22. The highest BCUT2D eigenvalue weighted by atomic mass is 16.4. The van der Waals surface area contributed by atoms with Crippen LogP contribution in [0.3, 0.4) is 0 Å². The monoisotopic (exact) mass is 274 g/mol. The van der Waals surface area contributed by atoms with Gasteiger partial charge in [-0.1, -0.05) is 12.1 Å². The maximum atomic E-state index is 11.7. The van der Waals surface area contributed by atoms with E-state index in [-0.39, 0.29) is 6.03 Å². The SMILES string of the molecule is O=C(Nc1ccc(C2(C(=O)O)CC2)cc1)NC1CCC1. The largest absolute Gasteiger partial charge is 0.481 e. The van der Waals surface area contributed by atoms with Crippen LogP contribution in [0.5, 0.6) is 0 Å². The molecule has 0 aromatic heterocycles. The van der Waals surface area contributed by atoms with Gasteiger partial charge in [-0.3, -0.25) is 4.79 Å². The van der Waals surface area contributed by atoms with Gasteiger partial charge in [-0.05, 0) is 49.8 Å². The van der Waals surface area contributed by atoms with E-state index in [1.54, 1.807) is 24.3 Å². The van der Waals surface area contributed by atoms with Gasteiger partial charge in [-0.2, -0.15) is 0 Å². The first kappa shape index (κ1) is 13.0. The van der Waals surface area contributed by atoms with E-state index >= 15 is 0 Å². The molecule has 2 aliphatic carbocycles. The van der Waals surface area contributed by atoms with Crippen LogP contribution in [0.2, 0.25) is 0 Å². The lowest BCUT2D eigenvalue weighted by atomic mass is 9.93. The van der Waals surface area contributed by atoms with Gasteiger partial charge in [0.15, 0.2) is 0 Å². The van der Waals surface area contributed by atoms with E-state index in [0.717, 1.165) is 18.4 Å². The standard InChI is InChI=1S/C15H18N2O3/c18-13(19)15(8-9-15)10-4-6-12(7-5-10)17-14(20)16-11-2-1-3-11/h4-7,11H,1-3,8-9H2,(H,18,19)(H2,16,17,20). The molecule has 0 heterocycles. The molecule has 0 unspecified atom stereocenters. The first-order chi connectivity index (χ1) is 9.60. The number of carbonyl (C=O) groups is 2. The summed E-state index contributed by atoms with van der Waals surface area (Å²) < 4.78 is 0. The van der Waals surface area contributed by atoms with Crippen molar-refractivity contribution < 1.29 is 14.7 Å². The molecule has 0 bridgehead atoms. The molecule has 106 valence electrons.